The molecule has 1 fully saturated rings. The fourth-order valence-electron chi connectivity index (χ4n) is 5.97. The summed E-state index contributed by atoms with van der Waals surface area (Å²) in [5, 5.41) is 10.2. The van der Waals surface area contributed by atoms with E-state index in [-0.39, 0.29) is 41.3 Å². The number of aromatic nitrogens is 3. The maximum Gasteiger partial charge on any atom is 0.244 e. The topological polar surface area (TPSA) is 98.6 Å². The maximum absolute atomic E-state index is 16.0. The van der Waals surface area contributed by atoms with Crippen molar-refractivity contribution < 1.29 is 22.3 Å². The molecule has 1 N–H and O–H groups in total. The van der Waals surface area contributed by atoms with Crippen molar-refractivity contribution in [1.29, 1.82) is 0 Å². The summed E-state index contributed by atoms with van der Waals surface area (Å²) in [4.78, 5) is -0.00371. The number of sulfonamides is 1. The molecule has 4 aromatic rings. The van der Waals surface area contributed by atoms with E-state index in [0.717, 1.165) is 41.7 Å². The van der Waals surface area contributed by atoms with Crippen molar-refractivity contribution in [1.82, 2.24) is 18.5 Å². The van der Waals surface area contributed by atoms with E-state index in [9.17, 15) is 8.42 Å². The molecule has 12 heteroatoms. The first-order valence-electron chi connectivity index (χ1n) is 14.9. The summed E-state index contributed by atoms with van der Waals surface area (Å²) >= 11 is 1.36. The van der Waals surface area contributed by atoms with Gasteiger partial charge >= 0.3 is 0 Å². The Bertz CT molecular complexity index is 1840. The molecule has 1 aliphatic carbocycles. The number of methoxy groups -OCH3 is 1. The quantitative estimate of drug-likeness (QED) is 0.201. The molecule has 0 spiro atoms. The molecule has 0 saturated heterocycles. The van der Waals surface area contributed by atoms with Crippen LogP contribution in [0.15, 0.2) is 59.3 Å². The fourth-order valence-corrected chi connectivity index (χ4v) is 8.27. The zero-order valence-electron chi connectivity index (χ0n) is 26.1. The lowest BCUT2D eigenvalue weighted by atomic mass is 10.0. The Morgan fingerprint density at radius 3 is 2.62 bits per heavy atom. The zero-order chi connectivity index (χ0) is 32.1. The number of anilines is 2. The van der Waals surface area contributed by atoms with Crippen LogP contribution in [0.4, 0.5) is 15.9 Å². The zero-order valence-corrected chi connectivity index (χ0v) is 27.8. The minimum Gasteiger partial charge on any atom is -0.497 e. The van der Waals surface area contributed by atoms with Gasteiger partial charge in [-0.15, -0.1) is 0 Å². The Labute approximate surface area is 267 Å². The number of hydrogen-bond donors (Lipinski definition) is 1. The molecule has 0 amide bonds. The van der Waals surface area contributed by atoms with E-state index < -0.39 is 21.4 Å². The minimum atomic E-state index is -3.85. The number of hydrogen-bond acceptors (Lipinski definition) is 8. The molecule has 238 valence electrons. The second-order valence-electron chi connectivity index (χ2n) is 12.8. The third-order valence-corrected chi connectivity index (χ3v) is 10.9. The van der Waals surface area contributed by atoms with Crippen LogP contribution in [0.3, 0.4) is 0 Å². The standard InChI is InChI=1S/C33H38FN5O4S2/c1-20(2)26-19-44-37-32(26)43-24-12-9-22(15-24)28-16-30(39(36-28)33(3,4)5)35-27-13-14-29-25(31(27)34)18-38(45(29,40)41)17-21-7-10-23(42-6)11-8-21/h7-8,10-11,13-14,16,19,22,24,35H,1,9,12,15,17-18H2,2-6H3. The first-order chi connectivity index (χ1) is 21.3. The van der Waals surface area contributed by atoms with Gasteiger partial charge in [0.2, 0.25) is 15.9 Å². The summed E-state index contributed by atoms with van der Waals surface area (Å²) < 4.78 is 61.8. The predicted molar refractivity (Wildman–Crippen MR) is 174 cm³/mol. The maximum atomic E-state index is 16.0. The van der Waals surface area contributed by atoms with E-state index >= 15 is 4.39 Å². The number of rotatable bonds is 9. The Morgan fingerprint density at radius 1 is 1.18 bits per heavy atom. The lowest BCUT2D eigenvalue weighted by molar-refractivity contribution is 0.201. The third-order valence-electron chi connectivity index (χ3n) is 8.37. The van der Waals surface area contributed by atoms with E-state index in [4.69, 9.17) is 14.6 Å². The Hall–Kier alpha value is -3.74. The summed E-state index contributed by atoms with van der Waals surface area (Å²) in [7, 11) is -2.27. The predicted octanol–water partition coefficient (Wildman–Crippen LogP) is 7.44. The molecule has 2 aliphatic rings. The molecule has 9 nitrogen and oxygen atoms in total. The number of benzene rings is 2. The Morgan fingerprint density at radius 2 is 1.93 bits per heavy atom. The molecule has 45 heavy (non-hydrogen) atoms. The second-order valence-corrected chi connectivity index (χ2v) is 15.3. The number of halogens is 1. The molecule has 2 atom stereocenters. The lowest BCUT2D eigenvalue weighted by Crippen LogP contribution is -2.25. The van der Waals surface area contributed by atoms with Gasteiger partial charge in [-0.05, 0) is 93.9 Å². The van der Waals surface area contributed by atoms with Gasteiger partial charge in [0.15, 0.2) is 5.82 Å². The molecule has 6 rings (SSSR count). The van der Waals surface area contributed by atoms with Gasteiger partial charge in [-0.3, -0.25) is 0 Å². The van der Waals surface area contributed by atoms with Crippen LogP contribution in [0.5, 0.6) is 11.6 Å². The number of allylic oxidation sites excluding steroid dienone is 1. The van der Waals surface area contributed by atoms with E-state index in [1.54, 1.807) is 19.2 Å². The molecule has 1 aliphatic heterocycles. The van der Waals surface area contributed by atoms with Crippen LogP contribution in [-0.2, 0) is 28.7 Å². The Balaban J connectivity index is 1.22. The van der Waals surface area contributed by atoms with Crippen molar-refractivity contribution in [3.8, 4) is 11.6 Å². The lowest BCUT2D eigenvalue weighted by Gasteiger charge is -2.23. The van der Waals surface area contributed by atoms with E-state index in [1.165, 1.54) is 28.0 Å². The van der Waals surface area contributed by atoms with Gasteiger partial charge < -0.3 is 14.8 Å². The van der Waals surface area contributed by atoms with Gasteiger partial charge in [0, 0.05) is 36.0 Å². The molecular weight excluding hydrogens is 614 g/mol. The molecule has 2 unspecified atom stereocenters. The van der Waals surface area contributed by atoms with Crippen LogP contribution in [0.25, 0.3) is 5.57 Å². The van der Waals surface area contributed by atoms with Crippen molar-refractivity contribution in [3.63, 3.8) is 0 Å². The SMILES string of the molecule is C=C(C)c1csnc1OC1CCC(c2cc(Nc3ccc4c(c3F)CN(Cc3ccc(OC)cc3)S4(=O)=O)n(C(C)(C)C)n2)C1. The largest absolute Gasteiger partial charge is 0.497 e. The molecule has 1 saturated carbocycles. The summed E-state index contributed by atoms with van der Waals surface area (Å²) in [6.07, 6.45) is 2.60. The second kappa shape index (κ2) is 11.9. The third kappa shape index (κ3) is 6.10. The van der Waals surface area contributed by atoms with E-state index in [1.807, 2.05) is 56.0 Å². The monoisotopic (exact) mass is 651 g/mol. The van der Waals surface area contributed by atoms with Crippen LogP contribution in [0.1, 0.15) is 75.3 Å². The average Bonchev–Trinajstić information content (AvgIpc) is 3.78. The summed E-state index contributed by atoms with van der Waals surface area (Å²) in [6.45, 7) is 12.2. The highest BCUT2D eigenvalue weighted by molar-refractivity contribution is 7.89. The van der Waals surface area contributed by atoms with Crippen LogP contribution >= 0.6 is 11.5 Å². The number of ether oxygens (including phenoxy) is 2. The summed E-state index contributed by atoms with van der Waals surface area (Å²) in [5.74, 6) is 1.55. The molecule has 0 radical (unpaired) electrons. The van der Waals surface area contributed by atoms with Crippen molar-refractivity contribution in [3.05, 3.63) is 82.6 Å². The van der Waals surface area contributed by atoms with Crippen molar-refractivity contribution in [2.45, 2.75) is 82.5 Å². The van der Waals surface area contributed by atoms with E-state index in [0.29, 0.717) is 17.4 Å². The van der Waals surface area contributed by atoms with Crippen LogP contribution in [-0.4, -0.2) is 40.1 Å². The van der Waals surface area contributed by atoms with Crippen LogP contribution in [0, 0.1) is 5.82 Å². The number of nitrogens with one attached hydrogen (secondary N) is 1. The highest BCUT2D eigenvalue weighted by atomic mass is 32.2. The van der Waals surface area contributed by atoms with Crippen molar-refractivity contribution in [2.75, 3.05) is 12.4 Å². The normalized spacial score (nSPS) is 19.4. The van der Waals surface area contributed by atoms with Gasteiger partial charge in [-0.1, -0.05) is 18.7 Å². The first kappa shape index (κ1) is 31.3. The Kier molecular flexibility index (Phi) is 8.25. The molecule has 0 bridgehead atoms. The summed E-state index contributed by atoms with van der Waals surface area (Å²) in [6, 6.07) is 12.1. The van der Waals surface area contributed by atoms with Gasteiger partial charge in [-0.25, -0.2) is 17.5 Å². The smallest absolute Gasteiger partial charge is 0.244 e. The minimum absolute atomic E-state index is 0.00371. The van der Waals surface area contributed by atoms with Crippen LogP contribution in [0.2, 0.25) is 0 Å². The number of fused-ring (bicyclic) bond motifs is 1. The summed E-state index contributed by atoms with van der Waals surface area (Å²) in [5.41, 5.74) is 3.53. The highest BCUT2D eigenvalue weighted by Crippen LogP contribution is 2.41. The first-order valence-corrected chi connectivity index (χ1v) is 17.2. The average molecular weight is 652 g/mol. The number of nitrogens with zero attached hydrogens (tertiary/aromatic N) is 4. The van der Waals surface area contributed by atoms with E-state index in [2.05, 4.69) is 16.3 Å². The van der Waals surface area contributed by atoms with Gasteiger partial charge in [0.1, 0.15) is 17.7 Å². The van der Waals surface area contributed by atoms with Crippen molar-refractivity contribution >= 4 is 38.6 Å². The van der Waals surface area contributed by atoms with Gasteiger partial charge in [0.25, 0.3) is 0 Å². The fraction of sp³-hybridized carbons (Fsp3) is 0.394. The van der Waals surface area contributed by atoms with Crippen LogP contribution < -0.4 is 14.8 Å². The molecule has 2 aromatic carbocycles. The van der Waals surface area contributed by atoms with Gasteiger partial charge in [-0.2, -0.15) is 13.8 Å². The molecule has 2 aromatic heterocycles. The molecule has 3 heterocycles. The van der Waals surface area contributed by atoms with Crippen molar-refractivity contribution in [2.24, 2.45) is 0 Å². The highest BCUT2D eigenvalue weighted by Gasteiger charge is 2.38. The molecular formula is C33H38FN5O4S2. The van der Waals surface area contributed by atoms with Gasteiger partial charge in [0.05, 0.1) is 34.5 Å².